The van der Waals surface area contributed by atoms with Gasteiger partial charge in [-0.3, -0.25) is 0 Å². The summed E-state index contributed by atoms with van der Waals surface area (Å²) in [5.41, 5.74) is 1.20. The molecule has 2 aromatic heterocycles. The van der Waals surface area contributed by atoms with Crippen LogP contribution in [-0.4, -0.2) is 29.7 Å². The first-order chi connectivity index (χ1) is 11.8. The first-order valence-electron chi connectivity index (χ1n) is 8.12. The van der Waals surface area contributed by atoms with Crippen molar-refractivity contribution < 1.29 is 9.47 Å². The van der Waals surface area contributed by atoms with Gasteiger partial charge in [0.1, 0.15) is 17.0 Å². The zero-order chi connectivity index (χ0) is 16.8. The molecule has 126 valence electrons. The van der Waals surface area contributed by atoms with Gasteiger partial charge in [-0.1, -0.05) is 6.07 Å². The van der Waals surface area contributed by atoms with Gasteiger partial charge in [0.25, 0.3) is 0 Å². The van der Waals surface area contributed by atoms with Crippen LogP contribution in [0.3, 0.4) is 0 Å². The normalized spacial score (nSPS) is 10.8. The third kappa shape index (κ3) is 3.76. The predicted octanol–water partition coefficient (Wildman–Crippen LogP) is 4.14. The lowest BCUT2D eigenvalue weighted by molar-refractivity contribution is 0.287. The predicted molar refractivity (Wildman–Crippen MR) is 98.4 cm³/mol. The van der Waals surface area contributed by atoms with Crippen LogP contribution in [0.5, 0.6) is 11.5 Å². The Hall–Kier alpha value is -2.34. The summed E-state index contributed by atoms with van der Waals surface area (Å²) in [4.78, 5) is 9.61. The molecule has 2 heterocycles. The van der Waals surface area contributed by atoms with Gasteiger partial charge in [0, 0.05) is 6.54 Å². The number of benzene rings is 1. The maximum atomic E-state index is 5.68. The van der Waals surface area contributed by atoms with E-state index in [0.29, 0.717) is 13.2 Å². The lowest BCUT2D eigenvalue weighted by Gasteiger charge is -2.13. The number of hydrogen-bond acceptors (Lipinski definition) is 6. The highest BCUT2D eigenvalue weighted by Crippen LogP contribution is 2.29. The molecule has 0 aliphatic carbocycles. The Morgan fingerprint density at radius 2 is 1.88 bits per heavy atom. The quantitative estimate of drug-likeness (QED) is 0.666. The van der Waals surface area contributed by atoms with E-state index in [1.165, 1.54) is 5.56 Å². The van der Waals surface area contributed by atoms with E-state index in [-0.39, 0.29) is 0 Å². The summed E-state index contributed by atoms with van der Waals surface area (Å²) in [6, 6.07) is 8.16. The minimum atomic E-state index is 0.624. The zero-order valence-electron chi connectivity index (χ0n) is 13.9. The lowest BCUT2D eigenvalue weighted by atomic mass is 10.1. The SMILES string of the molecule is CCOc1ccc(CCNc2ncnc3sccc23)cc1OCC. The molecule has 0 unspecified atom stereocenters. The van der Waals surface area contributed by atoms with Crippen molar-refractivity contribution in [3.8, 4) is 11.5 Å². The fraction of sp³-hybridized carbons (Fsp3) is 0.333. The summed E-state index contributed by atoms with van der Waals surface area (Å²) in [5.74, 6) is 2.49. The molecule has 0 saturated heterocycles. The third-order valence-electron chi connectivity index (χ3n) is 3.58. The molecule has 1 aromatic carbocycles. The van der Waals surface area contributed by atoms with E-state index in [9.17, 15) is 0 Å². The fourth-order valence-electron chi connectivity index (χ4n) is 2.51. The monoisotopic (exact) mass is 343 g/mol. The molecule has 0 aliphatic rings. The molecule has 3 rings (SSSR count). The van der Waals surface area contributed by atoms with Crippen LogP contribution in [0.15, 0.2) is 36.0 Å². The summed E-state index contributed by atoms with van der Waals surface area (Å²) in [6.45, 7) is 6.00. The van der Waals surface area contributed by atoms with Gasteiger partial charge in [-0.15, -0.1) is 11.3 Å². The first-order valence-corrected chi connectivity index (χ1v) is 9.00. The van der Waals surface area contributed by atoms with Crippen LogP contribution in [-0.2, 0) is 6.42 Å². The first kappa shape index (κ1) is 16.5. The number of ether oxygens (including phenoxy) is 2. The largest absolute Gasteiger partial charge is 0.490 e. The van der Waals surface area contributed by atoms with Gasteiger partial charge >= 0.3 is 0 Å². The Morgan fingerprint density at radius 1 is 1.04 bits per heavy atom. The van der Waals surface area contributed by atoms with Crippen molar-refractivity contribution in [2.45, 2.75) is 20.3 Å². The third-order valence-corrected chi connectivity index (χ3v) is 4.40. The van der Waals surface area contributed by atoms with Crippen LogP contribution < -0.4 is 14.8 Å². The highest BCUT2D eigenvalue weighted by molar-refractivity contribution is 7.16. The van der Waals surface area contributed by atoms with Crippen LogP contribution in [0.4, 0.5) is 5.82 Å². The summed E-state index contributed by atoms with van der Waals surface area (Å²) in [7, 11) is 0. The molecule has 0 aliphatic heterocycles. The molecule has 0 radical (unpaired) electrons. The molecule has 0 atom stereocenters. The second kappa shape index (κ2) is 7.97. The second-order valence-corrected chi connectivity index (χ2v) is 6.08. The summed E-state index contributed by atoms with van der Waals surface area (Å²) in [5, 5.41) is 6.50. The van der Waals surface area contributed by atoms with Crippen molar-refractivity contribution in [3.05, 3.63) is 41.5 Å². The van der Waals surface area contributed by atoms with Crippen LogP contribution >= 0.6 is 11.3 Å². The number of rotatable bonds is 8. The van der Waals surface area contributed by atoms with Crippen LogP contribution in [0.25, 0.3) is 10.2 Å². The fourth-order valence-corrected chi connectivity index (χ4v) is 3.24. The molecule has 0 fully saturated rings. The summed E-state index contributed by atoms with van der Waals surface area (Å²) in [6.07, 6.45) is 2.48. The van der Waals surface area contributed by atoms with Crippen LogP contribution in [0, 0.1) is 0 Å². The number of thiophene rings is 1. The van der Waals surface area contributed by atoms with E-state index in [1.54, 1.807) is 17.7 Å². The highest BCUT2D eigenvalue weighted by Gasteiger charge is 2.07. The van der Waals surface area contributed by atoms with Crippen molar-refractivity contribution in [1.29, 1.82) is 0 Å². The molecule has 0 bridgehead atoms. The number of anilines is 1. The number of aromatic nitrogens is 2. The molecule has 24 heavy (non-hydrogen) atoms. The maximum Gasteiger partial charge on any atom is 0.161 e. The molecule has 3 aromatic rings. The summed E-state index contributed by atoms with van der Waals surface area (Å²) >= 11 is 1.62. The van der Waals surface area contributed by atoms with E-state index in [1.807, 2.05) is 31.4 Å². The zero-order valence-corrected chi connectivity index (χ0v) is 14.7. The van der Waals surface area contributed by atoms with Crippen molar-refractivity contribution in [3.63, 3.8) is 0 Å². The average Bonchev–Trinajstić information content (AvgIpc) is 3.07. The van der Waals surface area contributed by atoms with Gasteiger partial charge in [-0.2, -0.15) is 0 Å². The minimum Gasteiger partial charge on any atom is -0.490 e. The van der Waals surface area contributed by atoms with Gasteiger partial charge in [0.15, 0.2) is 11.5 Å². The van der Waals surface area contributed by atoms with E-state index in [2.05, 4.69) is 27.4 Å². The molecular formula is C18H21N3O2S. The van der Waals surface area contributed by atoms with Gasteiger partial charge in [0.2, 0.25) is 0 Å². The van der Waals surface area contributed by atoms with Crippen molar-refractivity contribution in [1.82, 2.24) is 9.97 Å². The highest BCUT2D eigenvalue weighted by atomic mass is 32.1. The maximum absolute atomic E-state index is 5.68. The molecule has 0 amide bonds. The Labute approximate surface area is 145 Å². The van der Waals surface area contributed by atoms with Gasteiger partial charge in [-0.25, -0.2) is 9.97 Å². The van der Waals surface area contributed by atoms with Crippen molar-refractivity contribution in [2.75, 3.05) is 25.1 Å². The Kier molecular flexibility index (Phi) is 5.48. The van der Waals surface area contributed by atoms with E-state index < -0.39 is 0 Å². The average molecular weight is 343 g/mol. The Morgan fingerprint density at radius 3 is 2.71 bits per heavy atom. The van der Waals surface area contributed by atoms with E-state index in [4.69, 9.17) is 9.47 Å². The number of nitrogens with one attached hydrogen (secondary N) is 1. The number of fused-ring (bicyclic) bond motifs is 1. The van der Waals surface area contributed by atoms with Crippen molar-refractivity contribution >= 4 is 27.4 Å². The Bertz CT molecular complexity index is 804. The topological polar surface area (TPSA) is 56.3 Å². The van der Waals surface area contributed by atoms with Crippen LogP contribution in [0.2, 0.25) is 0 Å². The molecule has 6 heteroatoms. The van der Waals surface area contributed by atoms with Gasteiger partial charge < -0.3 is 14.8 Å². The molecule has 1 N–H and O–H groups in total. The summed E-state index contributed by atoms with van der Waals surface area (Å²) < 4.78 is 11.3. The van der Waals surface area contributed by atoms with Gasteiger partial charge in [-0.05, 0) is 49.4 Å². The molecular weight excluding hydrogens is 322 g/mol. The standard InChI is InChI=1S/C18H21N3O2S/c1-3-22-15-6-5-13(11-16(15)23-4-2)7-9-19-17-14-8-10-24-18(14)21-12-20-17/h5-6,8,10-12H,3-4,7,9H2,1-2H3,(H,19,20,21). The molecule has 0 spiro atoms. The number of nitrogens with zero attached hydrogens (tertiary/aromatic N) is 2. The second-order valence-electron chi connectivity index (χ2n) is 5.19. The minimum absolute atomic E-state index is 0.624. The van der Waals surface area contributed by atoms with Crippen molar-refractivity contribution in [2.24, 2.45) is 0 Å². The van der Waals surface area contributed by atoms with E-state index >= 15 is 0 Å². The Balaban J connectivity index is 1.66. The van der Waals surface area contributed by atoms with Gasteiger partial charge in [0.05, 0.1) is 18.6 Å². The van der Waals surface area contributed by atoms with E-state index in [0.717, 1.165) is 40.5 Å². The lowest BCUT2D eigenvalue weighted by Crippen LogP contribution is -2.07. The molecule has 5 nitrogen and oxygen atoms in total. The smallest absolute Gasteiger partial charge is 0.161 e. The molecule has 0 saturated carbocycles. The number of hydrogen-bond donors (Lipinski definition) is 1. The van der Waals surface area contributed by atoms with Crippen LogP contribution in [0.1, 0.15) is 19.4 Å².